The van der Waals surface area contributed by atoms with Crippen LogP contribution in [0.5, 0.6) is 0 Å². The van der Waals surface area contributed by atoms with Gasteiger partial charge in [0.2, 0.25) is 0 Å². The second-order valence-corrected chi connectivity index (χ2v) is 7.16. The molecule has 0 atom stereocenters. The molecule has 4 nitrogen and oxygen atoms in total. The molecule has 0 aliphatic carbocycles. The molecule has 0 aliphatic rings. The molecule has 2 N–H and O–H groups in total. The molecule has 0 saturated heterocycles. The van der Waals surface area contributed by atoms with Crippen molar-refractivity contribution in [2.75, 3.05) is 25.7 Å². The summed E-state index contributed by atoms with van der Waals surface area (Å²) in [7, 11) is -1.74. The smallest absolute Gasteiger partial charge is 0.180 e. The van der Waals surface area contributed by atoms with Crippen LogP contribution in [0.1, 0.15) is 30.9 Å². The molecule has 0 heterocycles. The SMILES string of the molecule is CN.CSOCCS(=O)(=O)c1ccc(C(C)C)c(C)c1. The molecule has 116 valence electrons. The second-order valence-electron chi connectivity index (χ2n) is 4.48. The molecular formula is C14H25NO3S2. The van der Waals surface area contributed by atoms with Gasteiger partial charge >= 0.3 is 0 Å². The standard InChI is InChI=1S/C13H20O3S2.CH5N/c1-10(2)13-6-5-12(9-11(13)3)18(14,15)8-7-16-17-4;1-2/h5-6,9-10H,7-8H2,1-4H3;2H2,1H3. The van der Waals surface area contributed by atoms with E-state index >= 15 is 0 Å². The summed E-state index contributed by atoms with van der Waals surface area (Å²) in [6.07, 6.45) is 1.77. The van der Waals surface area contributed by atoms with E-state index in [0.717, 1.165) is 5.56 Å². The van der Waals surface area contributed by atoms with Crippen molar-refractivity contribution in [2.45, 2.75) is 31.6 Å². The van der Waals surface area contributed by atoms with Crippen LogP contribution in [0, 0.1) is 6.92 Å². The molecule has 0 unspecified atom stereocenters. The van der Waals surface area contributed by atoms with Gasteiger partial charge in [-0.05, 0) is 55.2 Å². The van der Waals surface area contributed by atoms with E-state index in [4.69, 9.17) is 4.18 Å². The molecule has 6 heteroatoms. The van der Waals surface area contributed by atoms with Crippen molar-refractivity contribution in [3.8, 4) is 0 Å². The zero-order chi connectivity index (χ0) is 15.8. The summed E-state index contributed by atoms with van der Waals surface area (Å²) < 4.78 is 29.1. The van der Waals surface area contributed by atoms with Crippen LogP contribution in [0.25, 0.3) is 0 Å². The quantitative estimate of drug-likeness (QED) is 0.645. The van der Waals surface area contributed by atoms with Crippen LogP contribution in [-0.2, 0) is 14.0 Å². The average Bonchev–Trinajstić information content (AvgIpc) is 2.40. The van der Waals surface area contributed by atoms with E-state index in [2.05, 4.69) is 19.6 Å². The minimum Gasteiger partial charge on any atom is -0.333 e. The average molecular weight is 319 g/mol. The molecule has 0 fully saturated rings. The van der Waals surface area contributed by atoms with E-state index in [1.807, 2.05) is 13.0 Å². The fraction of sp³-hybridized carbons (Fsp3) is 0.571. The molecular weight excluding hydrogens is 294 g/mol. The topological polar surface area (TPSA) is 69.4 Å². The van der Waals surface area contributed by atoms with Gasteiger partial charge in [-0.1, -0.05) is 19.9 Å². The van der Waals surface area contributed by atoms with Gasteiger partial charge in [0.05, 0.1) is 17.3 Å². The Bertz CT molecular complexity index is 499. The summed E-state index contributed by atoms with van der Waals surface area (Å²) in [4.78, 5) is 0.383. The largest absolute Gasteiger partial charge is 0.333 e. The predicted molar refractivity (Wildman–Crippen MR) is 86.9 cm³/mol. The van der Waals surface area contributed by atoms with Crippen molar-refractivity contribution in [2.24, 2.45) is 5.73 Å². The number of hydrogen-bond donors (Lipinski definition) is 1. The van der Waals surface area contributed by atoms with Crippen LogP contribution < -0.4 is 5.73 Å². The summed E-state index contributed by atoms with van der Waals surface area (Å²) in [5.41, 5.74) is 6.71. The van der Waals surface area contributed by atoms with Crippen LogP contribution >= 0.6 is 12.0 Å². The van der Waals surface area contributed by atoms with Gasteiger partial charge in [-0.15, -0.1) is 0 Å². The second kappa shape index (κ2) is 9.39. The lowest BCUT2D eigenvalue weighted by molar-refractivity contribution is 0.403. The molecule has 0 spiro atoms. The Kier molecular flexibility index (Phi) is 9.13. The van der Waals surface area contributed by atoms with Gasteiger partial charge in [0, 0.05) is 6.26 Å². The third-order valence-corrected chi connectivity index (χ3v) is 4.85. The van der Waals surface area contributed by atoms with Crippen LogP contribution in [0.4, 0.5) is 0 Å². The Labute approximate surface area is 127 Å². The molecule has 0 aliphatic heterocycles. The van der Waals surface area contributed by atoms with Gasteiger partial charge in [-0.2, -0.15) is 0 Å². The molecule has 0 radical (unpaired) electrons. The Morgan fingerprint density at radius 2 is 1.90 bits per heavy atom. The third kappa shape index (κ3) is 5.83. The van der Waals surface area contributed by atoms with Gasteiger partial charge < -0.3 is 9.92 Å². The fourth-order valence-corrected chi connectivity index (χ4v) is 3.36. The van der Waals surface area contributed by atoms with Gasteiger partial charge in [0.1, 0.15) is 0 Å². The first kappa shape index (κ1) is 19.4. The van der Waals surface area contributed by atoms with Gasteiger partial charge in [-0.3, -0.25) is 0 Å². The first-order valence-electron chi connectivity index (χ1n) is 6.45. The number of hydrogen-bond acceptors (Lipinski definition) is 5. The van der Waals surface area contributed by atoms with E-state index in [1.54, 1.807) is 18.4 Å². The Hall–Kier alpha value is -0.560. The number of aryl methyl sites for hydroxylation is 1. The van der Waals surface area contributed by atoms with Crippen LogP contribution in [0.2, 0.25) is 0 Å². The maximum atomic E-state index is 12.1. The van der Waals surface area contributed by atoms with Crippen molar-refractivity contribution < 1.29 is 12.6 Å². The highest BCUT2D eigenvalue weighted by Crippen LogP contribution is 2.22. The van der Waals surface area contributed by atoms with Crippen molar-refractivity contribution in [1.29, 1.82) is 0 Å². The molecule has 0 saturated carbocycles. The molecule has 1 aromatic carbocycles. The zero-order valence-corrected chi connectivity index (χ0v) is 14.5. The molecule has 20 heavy (non-hydrogen) atoms. The fourth-order valence-electron chi connectivity index (χ4n) is 1.83. The molecule has 1 rings (SSSR count). The van der Waals surface area contributed by atoms with Crippen molar-refractivity contribution in [3.05, 3.63) is 29.3 Å². The molecule has 0 amide bonds. The summed E-state index contributed by atoms with van der Waals surface area (Å²) >= 11 is 1.18. The highest BCUT2D eigenvalue weighted by Gasteiger charge is 2.16. The Morgan fingerprint density at radius 1 is 1.30 bits per heavy atom. The highest BCUT2D eigenvalue weighted by molar-refractivity contribution is 7.94. The first-order chi connectivity index (χ1) is 9.38. The van der Waals surface area contributed by atoms with Crippen molar-refractivity contribution >= 4 is 21.9 Å². The summed E-state index contributed by atoms with van der Waals surface area (Å²) in [5, 5.41) is 0. The maximum Gasteiger partial charge on any atom is 0.180 e. The van der Waals surface area contributed by atoms with Gasteiger partial charge in [0.25, 0.3) is 0 Å². The number of sulfone groups is 1. The number of rotatable bonds is 6. The highest BCUT2D eigenvalue weighted by atomic mass is 32.2. The lowest BCUT2D eigenvalue weighted by Gasteiger charge is -2.11. The lowest BCUT2D eigenvalue weighted by Crippen LogP contribution is -2.11. The van der Waals surface area contributed by atoms with Crippen molar-refractivity contribution in [1.82, 2.24) is 0 Å². The van der Waals surface area contributed by atoms with Gasteiger partial charge in [-0.25, -0.2) is 8.42 Å². The van der Waals surface area contributed by atoms with E-state index < -0.39 is 9.84 Å². The maximum absolute atomic E-state index is 12.1. The van der Waals surface area contributed by atoms with E-state index in [9.17, 15) is 8.42 Å². The summed E-state index contributed by atoms with van der Waals surface area (Å²) in [6.45, 7) is 6.37. The number of benzene rings is 1. The molecule has 0 aromatic heterocycles. The minimum atomic E-state index is -3.24. The molecule has 1 aromatic rings. The summed E-state index contributed by atoms with van der Waals surface area (Å²) in [6, 6.07) is 5.35. The normalized spacial score (nSPS) is 11.2. The zero-order valence-electron chi connectivity index (χ0n) is 12.8. The van der Waals surface area contributed by atoms with Crippen LogP contribution in [0.15, 0.2) is 23.1 Å². The molecule has 0 bridgehead atoms. The number of nitrogens with two attached hydrogens (primary N) is 1. The van der Waals surface area contributed by atoms with Crippen LogP contribution in [0.3, 0.4) is 0 Å². The lowest BCUT2D eigenvalue weighted by atomic mass is 9.98. The first-order valence-corrected chi connectivity index (χ1v) is 9.25. The van der Waals surface area contributed by atoms with Crippen molar-refractivity contribution in [3.63, 3.8) is 0 Å². The van der Waals surface area contributed by atoms with E-state index in [1.165, 1.54) is 24.7 Å². The Balaban J connectivity index is 0.00000172. The van der Waals surface area contributed by atoms with Gasteiger partial charge in [0.15, 0.2) is 9.84 Å². The van der Waals surface area contributed by atoms with E-state index in [0.29, 0.717) is 10.8 Å². The summed E-state index contributed by atoms with van der Waals surface area (Å²) in [5.74, 6) is 0.426. The third-order valence-electron chi connectivity index (χ3n) is 2.78. The monoisotopic (exact) mass is 319 g/mol. The minimum absolute atomic E-state index is 0.0221. The van der Waals surface area contributed by atoms with E-state index in [-0.39, 0.29) is 12.4 Å². The predicted octanol–water partition coefficient (Wildman–Crippen LogP) is 2.76. The van der Waals surface area contributed by atoms with Crippen LogP contribution in [-0.4, -0.2) is 34.1 Å². The Morgan fingerprint density at radius 3 is 2.35 bits per heavy atom.